The molecule has 44 valence electrons. The monoisotopic (exact) mass is 164 g/mol. The van der Waals surface area contributed by atoms with E-state index in [1.165, 1.54) is 0 Å². The zero-order valence-corrected chi connectivity index (χ0v) is 5.41. The van der Waals surface area contributed by atoms with Gasteiger partial charge in [-0.3, -0.25) is 0 Å². The van der Waals surface area contributed by atoms with Crippen molar-refractivity contribution < 1.29 is 18.3 Å². The Kier molecular flexibility index (Phi) is 3.23. The minimum absolute atomic E-state index is 0.118. The van der Waals surface area contributed by atoms with Crippen molar-refractivity contribution >= 4 is 29.8 Å². The van der Waals surface area contributed by atoms with Gasteiger partial charge in [0.05, 0.1) is 0 Å². The predicted molar refractivity (Wildman–Crippen MR) is 26.6 cm³/mol. The van der Waals surface area contributed by atoms with Crippen molar-refractivity contribution in [2.45, 2.75) is 0 Å². The molecule has 0 bridgehead atoms. The van der Waals surface area contributed by atoms with Crippen LogP contribution >= 0.6 is 29.8 Å². The summed E-state index contributed by atoms with van der Waals surface area (Å²) in [5, 5.41) is 0. The maximum atomic E-state index is 9.60. The van der Waals surface area contributed by atoms with Crippen LogP contribution in [-0.2, 0) is 8.54 Å². The summed E-state index contributed by atoms with van der Waals surface area (Å²) in [6.07, 6.45) is 0. The Balaban J connectivity index is 3.36. The van der Waals surface area contributed by atoms with E-state index >= 15 is 0 Å². The molecular formula is H2ClO4PS. The van der Waals surface area contributed by atoms with Crippen LogP contribution in [0.25, 0.3) is 0 Å². The Morgan fingerprint density at radius 3 is 2.14 bits per heavy atom. The molecule has 0 aromatic rings. The minimum Gasteiger partial charge on any atom is -0.302 e. The predicted octanol–water partition coefficient (Wildman–Crippen LogP) is 0.898. The molecule has 0 spiro atoms. The molecule has 0 aromatic carbocycles. The van der Waals surface area contributed by atoms with Crippen LogP contribution in [0.15, 0.2) is 0 Å². The summed E-state index contributed by atoms with van der Waals surface area (Å²) in [7, 11) is 0.354. The zero-order chi connectivity index (χ0) is 5.91. The smallest absolute Gasteiger partial charge is 0.302 e. The minimum atomic E-state index is -4.33. The maximum Gasteiger partial charge on any atom is 0.481 e. The quantitative estimate of drug-likeness (QED) is 0.469. The van der Waals surface area contributed by atoms with Gasteiger partial charge in [0.25, 0.3) is 0 Å². The molecule has 0 aliphatic heterocycles. The molecule has 7 heavy (non-hydrogen) atoms. The molecule has 0 heterocycles. The Morgan fingerprint density at radius 1 is 1.71 bits per heavy atom. The standard InChI is InChI=1S/ClH2O4PS/c1-7-5-6(2,3)4/h(H2,2,3,4). The van der Waals surface area contributed by atoms with E-state index in [-0.39, 0.29) is 11.3 Å². The lowest BCUT2D eigenvalue weighted by atomic mass is 15.8. The molecule has 0 aliphatic carbocycles. The Labute approximate surface area is 48.8 Å². The second-order valence-electron chi connectivity index (χ2n) is 0.628. The summed E-state index contributed by atoms with van der Waals surface area (Å²) in [6.45, 7) is 0. The number of hydrogen-bond donors (Lipinski definition) is 2. The Hall–Kier alpha value is 0.750. The van der Waals surface area contributed by atoms with Gasteiger partial charge in [-0.2, -0.15) is 3.97 Å². The van der Waals surface area contributed by atoms with E-state index in [0.717, 1.165) is 0 Å². The number of rotatable bonds is 2. The molecule has 4 nitrogen and oxygen atoms in total. The lowest BCUT2D eigenvalue weighted by Crippen LogP contribution is -1.72. The molecule has 7 heteroatoms. The molecule has 0 aromatic heterocycles. The van der Waals surface area contributed by atoms with E-state index < -0.39 is 7.82 Å². The van der Waals surface area contributed by atoms with Gasteiger partial charge in [-0.1, -0.05) is 0 Å². The molecule has 0 amide bonds. The van der Waals surface area contributed by atoms with E-state index in [0.29, 0.717) is 0 Å². The molecule has 0 atom stereocenters. The van der Waals surface area contributed by atoms with Crippen LogP contribution < -0.4 is 0 Å². The lowest BCUT2D eigenvalue weighted by Gasteiger charge is -1.94. The highest BCUT2D eigenvalue weighted by atomic mass is 35.7. The summed E-state index contributed by atoms with van der Waals surface area (Å²) in [5.74, 6) is 0. The highest BCUT2D eigenvalue weighted by Crippen LogP contribution is 2.41. The van der Waals surface area contributed by atoms with Crippen molar-refractivity contribution in [2.24, 2.45) is 0 Å². The number of halogens is 1. The average molecular weight is 165 g/mol. The Morgan fingerprint density at radius 2 is 2.14 bits per heavy atom. The summed E-state index contributed by atoms with van der Waals surface area (Å²) < 4.78 is 13.2. The molecular weight excluding hydrogens is 162 g/mol. The highest BCUT2D eigenvalue weighted by molar-refractivity contribution is 8.19. The van der Waals surface area contributed by atoms with Crippen molar-refractivity contribution in [1.29, 1.82) is 0 Å². The van der Waals surface area contributed by atoms with Gasteiger partial charge in [0.15, 0.2) is 0 Å². The van der Waals surface area contributed by atoms with Crippen molar-refractivity contribution in [3.8, 4) is 0 Å². The van der Waals surface area contributed by atoms with Gasteiger partial charge in [0.1, 0.15) is 11.3 Å². The summed E-state index contributed by atoms with van der Waals surface area (Å²) >= 11 is 0.118. The third kappa shape index (κ3) is 6.75. The first kappa shape index (κ1) is 7.75. The molecule has 2 N–H and O–H groups in total. The molecule has 0 rings (SSSR count). The van der Waals surface area contributed by atoms with Crippen LogP contribution in [0.5, 0.6) is 0 Å². The van der Waals surface area contributed by atoms with Crippen LogP contribution in [0.2, 0.25) is 0 Å². The van der Waals surface area contributed by atoms with Gasteiger partial charge in [-0.15, -0.1) is 0 Å². The van der Waals surface area contributed by atoms with Gasteiger partial charge >= 0.3 is 7.82 Å². The summed E-state index contributed by atoms with van der Waals surface area (Å²) in [6, 6.07) is 0. The SMILES string of the molecule is O=P(O)(O)OSCl. The van der Waals surface area contributed by atoms with Crippen LogP contribution in [0.3, 0.4) is 0 Å². The summed E-state index contributed by atoms with van der Waals surface area (Å²) in [4.78, 5) is 15.6. The molecule has 0 radical (unpaired) electrons. The third-order valence-corrected chi connectivity index (χ3v) is 1.63. The van der Waals surface area contributed by atoms with Gasteiger partial charge in [-0.25, -0.2) is 4.57 Å². The van der Waals surface area contributed by atoms with Gasteiger partial charge in [-0.05, 0) is 10.7 Å². The number of hydrogen-bond acceptors (Lipinski definition) is 3. The van der Waals surface area contributed by atoms with Crippen molar-refractivity contribution in [2.75, 3.05) is 0 Å². The molecule has 0 saturated heterocycles. The second kappa shape index (κ2) is 2.91. The van der Waals surface area contributed by atoms with Gasteiger partial charge in [0, 0.05) is 0 Å². The molecule has 0 saturated carbocycles. The van der Waals surface area contributed by atoms with Crippen LogP contribution in [-0.4, -0.2) is 9.79 Å². The fraction of sp³-hybridized carbons (Fsp3) is 0. The maximum absolute atomic E-state index is 9.60. The first-order valence-electron chi connectivity index (χ1n) is 1.09. The molecule has 0 aliphatic rings. The van der Waals surface area contributed by atoms with Crippen LogP contribution in [0, 0.1) is 0 Å². The lowest BCUT2D eigenvalue weighted by molar-refractivity contribution is 0.300. The Bertz CT molecular complexity index is 85.7. The van der Waals surface area contributed by atoms with Crippen molar-refractivity contribution in [1.82, 2.24) is 0 Å². The number of phosphoric acid groups is 1. The van der Waals surface area contributed by atoms with Crippen molar-refractivity contribution in [3.05, 3.63) is 0 Å². The normalized spacial score (nSPS) is 11.9. The van der Waals surface area contributed by atoms with Gasteiger partial charge < -0.3 is 9.79 Å². The van der Waals surface area contributed by atoms with E-state index in [4.69, 9.17) is 9.79 Å². The van der Waals surface area contributed by atoms with Crippen LogP contribution in [0.4, 0.5) is 0 Å². The zero-order valence-electron chi connectivity index (χ0n) is 2.94. The average Bonchev–Trinajstić information content (AvgIpc) is 1.30. The van der Waals surface area contributed by atoms with E-state index in [1.807, 2.05) is 0 Å². The summed E-state index contributed by atoms with van der Waals surface area (Å²) in [5.41, 5.74) is 0. The second-order valence-corrected chi connectivity index (χ2v) is 2.71. The third-order valence-electron chi connectivity index (χ3n) is 0.125. The van der Waals surface area contributed by atoms with Gasteiger partial charge in [0.2, 0.25) is 0 Å². The van der Waals surface area contributed by atoms with E-state index in [1.54, 1.807) is 0 Å². The van der Waals surface area contributed by atoms with E-state index in [9.17, 15) is 4.57 Å². The van der Waals surface area contributed by atoms with E-state index in [2.05, 4.69) is 14.7 Å². The van der Waals surface area contributed by atoms with Crippen molar-refractivity contribution in [3.63, 3.8) is 0 Å². The first-order chi connectivity index (χ1) is 3.06. The molecule has 0 fully saturated rings. The fourth-order valence-corrected chi connectivity index (χ4v) is 0.991. The largest absolute Gasteiger partial charge is 0.481 e. The fourth-order valence-electron chi connectivity index (χ4n) is 0.0367. The topological polar surface area (TPSA) is 66.8 Å². The van der Waals surface area contributed by atoms with Crippen LogP contribution in [0.1, 0.15) is 0 Å². The highest BCUT2D eigenvalue weighted by Gasteiger charge is 2.12. The first-order valence-corrected chi connectivity index (χ1v) is 4.18. The molecule has 0 unspecified atom stereocenters.